The fraction of sp³-hybridized carbons (Fsp3) is 0.364. The molecule has 0 heterocycles. The molecule has 76 valence electrons. The van der Waals surface area contributed by atoms with Gasteiger partial charge in [-0.25, -0.2) is 4.79 Å². The zero-order chi connectivity index (χ0) is 10.8. The molecule has 0 atom stereocenters. The molecule has 0 fully saturated rings. The third kappa shape index (κ3) is 6.02. The van der Waals surface area contributed by atoms with Gasteiger partial charge in [0.1, 0.15) is 0 Å². The molecule has 0 spiro atoms. The number of esters is 1. The Morgan fingerprint density at radius 2 is 1.79 bits per heavy atom. The number of rotatable bonds is 2. The van der Waals surface area contributed by atoms with Crippen LogP contribution in [0.3, 0.4) is 0 Å². The van der Waals surface area contributed by atoms with E-state index >= 15 is 0 Å². The number of carbonyl (C=O) groups is 1. The van der Waals surface area contributed by atoms with Gasteiger partial charge in [0.05, 0.1) is 12.2 Å². The van der Waals surface area contributed by atoms with Crippen LogP contribution in [-0.2, 0) is 4.74 Å². The molecule has 2 radical (unpaired) electrons. The molecule has 0 bridgehead atoms. The Morgan fingerprint density at radius 1 is 1.29 bits per heavy atom. The first-order chi connectivity index (χ1) is 6.76. The van der Waals surface area contributed by atoms with E-state index in [1.165, 1.54) is 0 Å². The number of benzene rings is 1. The Kier molecular flexibility index (Phi) is 8.73. The SMILES string of the molecule is CCOC(=O)c1ccccc1.[CH3][Sn][CH3]. The van der Waals surface area contributed by atoms with Gasteiger partial charge in [-0.2, -0.15) is 0 Å². The molecule has 0 aliphatic heterocycles. The van der Waals surface area contributed by atoms with Gasteiger partial charge in [0.2, 0.25) is 0 Å². The standard InChI is InChI=1S/C9H10O2.2CH3.Sn/c1-2-11-9(10)8-6-4-3-5-7-8;;;/h3-7H,2H2,1H3;2*1H3;. The number of hydrogen-bond acceptors (Lipinski definition) is 2. The summed E-state index contributed by atoms with van der Waals surface area (Å²) in [4.78, 5) is 15.6. The van der Waals surface area contributed by atoms with Crippen LogP contribution in [-0.4, -0.2) is 33.7 Å². The second-order valence-corrected chi connectivity index (χ2v) is 5.44. The van der Waals surface area contributed by atoms with Gasteiger partial charge in [-0.05, 0) is 19.1 Å². The van der Waals surface area contributed by atoms with E-state index < -0.39 is 0 Å². The van der Waals surface area contributed by atoms with Crippen molar-refractivity contribution in [1.29, 1.82) is 0 Å². The molecule has 0 unspecified atom stereocenters. The Balaban J connectivity index is 0.000000500. The van der Waals surface area contributed by atoms with Crippen LogP contribution in [0.5, 0.6) is 0 Å². The van der Waals surface area contributed by atoms with Gasteiger partial charge in [0, 0.05) is 0 Å². The summed E-state index contributed by atoms with van der Waals surface area (Å²) in [6.07, 6.45) is 0. The quantitative estimate of drug-likeness (QED) is 0.620. The summed E-state index contributed by atoms with van der Waals surface area (Å²) < 4.78 is 4.79. The first-order valence-corrected chi connectivity index (χ1v) is 10.3. The molecular weight excluding hydrogens is 283 g/mol. The number of carbonyl (C=O) groups excluding carboxylic acids is 1. The molecule has 3 heteroatoms. The van der Waals surface area contributed by atoms with Crippen LogP contribution in [0.1, 0.15) is 17.3 Å². The Bertz CT molecular complexity index is 247. The summed E-state index contributed by atoms with van der Waals surface area (Å²) in [5.74, 6) is -0.256. The van der Waals surface area contributed by atoms with Crippen molar-refractivity contribution in [3.05, 3.63) is 35.9 Å². The molecule has 0 N–H and O–H groups in total. The molecule has 1 aromatic carbocycles. The molecule has 0 amide bonds. The van der Waals surface area contributed by atoms with E-state index in [1.807, 2.05) is 18.2 Å². The predicted octanol–water partition coefficient (Wildman–Crippen LogP) is 2.65. The van der Waals surface area contributed by atoms with Gasteiger partial charge in [-0.1, -0.05) is 18.2 Å². The van der Waals surface area contributed by atoms with Gasteiger partial charge >= 0.3 is 37.0 Å². The van der Waals surface area contributed by atoms with Crippen LogP contribution < -0.4 is 0 Å². The van der Waals surface area contributed by atoms with Crippen molar-refractivity contribution in [2.45, 2.75) is 16.8 Å². The Hall–Kier alpha value is -0.511. The van der Waals surface area contributed by atoms with Gasteiger partial charge in [-0.15, -0.1) is 0 Å². The summed E-state index contributed by atoms with van der Waals surface area (Å²) in [6.45, 7) is 2.22. The van der Waals surface area contributed by atoms with Gasteiger partial charge in [0.15, 0.2) is 0 Å². The third-order valence-electron chi connectivity index (χ3n) is 1.28. The van der Waals surface area contributed by atoms with Crippen molar-refractivity contribution in [2.24, 2.45) is 0 Å². The first-order valence-electron chi connectivity index (χ1n) is 4.56. The minimum absolute atomic E-state index is 0.230. The Labute approximate surface area is 95.9 Å². The average Bonchev–Trinajstić information content (AvgIpc) is 2.21. The molecule has 2 nitrogen and oxygen atoms in total. The van der Waals surface area contributed by atoms with Crippen molar-refractivity contribution in [3.63, 3.8) is 0 Å². The fourth-order valence-electron chi connectivity index (χ4n) is 0.789. The normalized spacial score (nSPS) is 8.50. The second kappa shape index (κ2) is 9.06. The third-order valence-corrected chi connectivity index (χ3v) is 1.28. The monoisotopic (exact) mass is 300 g/mol. The molecular formula is C11H16O2Sn. The van der Waals surface area contributed by atoms with Crippen molar-refractivity contribution < 1.29 is 9.53 Å². The van der Waals surface area contributed by atoms with Gasteiger partial charge < -0.3 is 4.74 Å². The first kappa shape index (κ1) is 13.5. The summed E-state index contributed by atoms with van der Waals surface area (Å²) in [5, 5.41) is 0. The average molecular weight is 299 g/mol. The van der Waals surface area contributed by atoms with Crippen LogP contribution in [0, 0.1) is 0 Å². The molecule has 0 saturated carbocycles. The van der Waals surface area contributed by atoms with E-state index in [-0.39, 0.29) is 27.1 Å². The summed E-state index contributed by atoms with van der Waals surface area (Å²) >= 11 is 0.230. The maximum atomic E-state index is 11.0. The van der Waals surface area contributed by atoms with Crippen molar-refractivity contribution in [2.75, 3.05) is 6.61 Å². The molecule has 0 aliphatic rings. The summed E-state index contributed by atoms with van der Waals surface area (Å²) in [6, 6.07) is 8.96. The summed E-state index contributed by atoms with van der Waals surface area (Å²) in [7, 11) is 0. The van der Waals surface area contributed by atoms with E-state index in [0.29, 0.717) is 12.2 Å². The van der Waals surface area contributed by atoms with Gasteiger partial charge in [-0.3, -0.25) is 0 Å². The number of hydrogen-bond donors (Lipinski definition) is 0. The molecule has 0 aliphatic carbocycles. The summed E-state index contributed by atoms with van der Waals surface area (Å²) in [5.41, 5.74) is 0.606. The van der Waals surface area contributed by atoms with Crippen molar-refractivity contribution in [1.82, 2.24) is 0 Å². The van der Waals surface area contributed by atoms with E-state index in [1.54, 1.807) is 19.1 Å². The molecule has 1 aromatic rings. The fourth-order valence-corrected chi connectivity index (χ4v) is 0.789. The van der Waals surface area contributed by atoms with Crippen molar-refractivity contribution in [3.8, 4) is 0 Å². The zero-order valence-corrected chi connectivity index (χ0v) is 11.8. The van der Waals surface area contributed by atoms with E-state index in [2.05, 4.69) is 9.88 Å². The van der Waals surface area contributed by atoms with Crippen LogP contribution in [0.15, 0.2) is 30.3 Å². The second-order valence-electron chi connectivity index (χ2n) is 2.59. The topological polar surface area (TPSA) is 26.3 Å². The van der Waals surface area contributed by atoms with E-state index in [4.69, 9.17) is 4.74 Å². The van der Waals surface area contributed by atoms with Crippen LogP contribution in [0.2, 0.25) is 9.88 Å². The molecule has 0 saturated heterocycles. The van der Waals surface area contributed by atoms with Crippen LogP contribution in [0.25, 0.3) is 0 Å². The zero-order valence-electron chi connectivity index (χ0n) is 8.91. The van der Waals surface area contributed by atoms with Crippen LogP contribution >= 0.6 is 0 Å². The van der Waals surface area contributed by atoms with Crippen molar-refractivity contribution >= 4 is 27.1 Å². The molecule has 1 rings (SSSR count). The van der Waals surface area contributed by atoms with Crippen LogP contribution in [0.4, 0.5) is 0 Å². The number of ether oxygens (including phenoxy) is 1. The minimum atomic E-state index is -0.256. The van der Waals surface area contributed by atoms with Gasteiger partial charge in [0.25, 0.3) is 0 Å². The van der Waals surface area contributed by atoms with E-state index in [9.17, 15) is 4.79 Å². The van der Waals surface area contributed by atoms with E-state index in [0.717, 1.165) is 0 Å². The Morgan fingerprint density at radius 3 is 2.21 bits per heavy atom. The molecule has 14 heavy (non-hydrogen) atoms. The maximum absolute atomic E-state index is 11.0. The molecule has 0 aromatic heterocycles. The predicted molar refractivity (Wildman–Crippen MR) is 59.9 cm³/mol.